The molecule has 27 heavy (non-hydrogen) atoms. The van der Waals surface area contributed by atoms with Crippen molar-refractivity contribution in [2.75, 3.05) is 41.8 Å². The van der Waals surface area contributed by atoms with Crippen LogP contribution in [0.15, 0.2) is 60.8 Å². The first kappa shape index (κ1) is 17.2. The van der Waals surface area contributed by atoms with Crippen molar-refractivity contribution >= 4 is 28.8 Å². The number of halogens is 1. The lowest BCUT2D eigenvalue weighted by Gasteiger charge is -2.30. The molecular weight excluding hydrogens is 345 g/mol. The van der Waals surface area contributed by atoms with Gasteiger partial charge < -0.3 is 20.3 Å². The first-order chi connectivity index (χ1) is 13.3. The molecule has 2 aromatic carbocycles. The van der Waals surface area contributed by atoms with Crippen LogP contribution in [0.3, 0.4) is 0 Å². The maximum atomic E-state index is 13.8. The third-order valence-corrected chi connectivity index (χ3v) is 4.29. The Morgan fingerprint density at radius 3 is 2.44 bits per heavy atom. The van der Waals surface area contributed by atoms with E-state index in [0.717, 1.165) is 37.7 Å². The summed E-state index contributed by atoms with van der Waals surface area (Å²) >= 11 is 0. The van der Waals surface area contributed by atoms with Gasteiger partial charge in [-0.3, -0.25) is 0 Å². The molecule has 4 rings (SSSR count). The van der Waals surface area contributed by atoms with Crippen LogP contribution in [0.25, 0.3) is 0 Å². The number of nitrogens with zero attached hydrogens (tertiary/aromatic N) is 3. The first-order valence-electron chi connectivity index (χ1n) is 8.83. The maximum Gasteiger partial charge on any atom is 0.229 e. The van der Waals surface area contributed by atoms with Crippen molar-refractivity contribution in [3.05, 3.63) is 66.6 Å². The Balaban J connectivity index is 1.54. The lowest BCUT2D eigenvalue weighted by Crippen LogP contribution is -2.36. The zero-order valence-corrected chi connectivity index (χ0v) is 14.7. The maximum absolute atomic E-state index is 13.8. The predicted octanol–water partition coefficient (Wildman–Crippen LogP) is 3.94. The molecule has 1 saturated heterocycles. The summed E-state index contributed by atoms with van der Waals surface area (Å²) in [5, 5.41) is 6.26. The van der Waals surface area contributed by atoms with E-state index in [9.17, 15) is 4.39 Å². The minimum atomic E-state index is -0.350. The molecule has 1 fully saturated rings. The fourth-order valence-electron chi connectivity index (χ4n) is 2.97. The molecule has 0 bridgehead atoms. The quantitative estimate of drug-likeness (QED) is 0.714. The van der Waals surface area contributed by atoms with Gasteiger partial charge in [-0.1, -0.05) is 24.3 Å². The predicted molar refractivity (Wildman–Crippen MR) is 104 cm³/mol. The van der Waals surface area contributed by atoms with Gasteiger partial charge >= 0.3 is 0 Å². The monoisotopic (exact) mass is 365 g/mol. The minimum Gasteiger partial charge on any atom is -0.378 e. The van der Waals surface area contributed by atoms with Crippen LogP contribution in [0.4, 0.5) is 33.2 Å². The molecule has 1 aliphatic rings. The number of para-hydroxylation sites is 3. The van der Waals surface area contributed by atoms with E-state index in [1.54, 1.807) is 30.5 Å². The number of nitrogens with one attached hydrogen (secondary N) is 2. The van der Waals surface area contributed by atoms with Crippen LogP contribution in [0.2, 0.25) is 0 Å². The van der Waals surface area contributed by atoms with Gasteiger partial charge in [0, 0.05) is 19.3 Å². The smallest absolute Gasteiger partial charge is 0.229 e. The van der Waals surface area contributed by atoms with Crippen molar-refractivity contribution < 1.29 is 9.13 Å². The number of anilines is 5. The van der Waals surface area contributed by atoms with Crippen LogP contribution >= 0.6 is 0 Å². The Labute approximate surface area is 157 Å². The Morgan fingerprint density at radius 1 is 0.889 bits per heavy atom. The third-order valence-electron chi connectivity index (χ3n) is 4.29. The molecule has 1 aromatic heterocycles. The van der Waals surface area contributed by atoms with Crippen LogP contribution in [-0.2, 0) is 4.74 Å². The highest BCUT2D eigenvalue weighted by Gasteiger charge is 2.15. The molecule has 2 heterocycles. The molecule has 7 heteroatoms. The van der Waals surface area contributed by atoms with Crippen molar-refractivity contribution in [2.24, 2.45) is 0 Å². The van der Waals surface area contributed by atoms with Crippen LogP contribution in [-0.4, -0.2) is 36.3 Å². The zero-order valence-electron chi connectivity index (χ0n) is 14.7. The van der Waals surface area contributed by atoms with Gasteiger partial charge in [0.1, 0.15) is 11.6 Å². The van der Waals surface area contributed by atoms with E-state index in [1.165, 1.54) is 6.07 Å². The second-order valence-electron chi connectivity index (χ2n) is 6.11. The lowest BCUT2D eigenvalue weighted by atomic mass is 10.2. The first-order valence-corrected chi connectivity index (χ1v) is 8.83. The number of hydrogen-bond acceptors (Lipinski definition) is 6. The number of ether oxygens (including phenoxy) is 1. The minimum absolute atomic E-state index is 0.328. The second kappa shape index (κ2) is 8.01. The summed E-state index contributed by atoms with van der Waals surface area (Å²) in [6.07, 6.45) is 1.63. The summed E-state index contributed by atoms with van der Waals surface area (Å²) in [4.78, 5) is 10.9. The highest BCUT2D eigenvalue weighted by molar-refractivity contribution is 5.74. The van der Waals surface area contributed by atoms with Crippen LogP contribution < -0.4 is 15.5 Å². The van der Waals surface area contributed by atoms with Crippen LogP contribution in [0.1, 0.15) is 0 Å². The molecule has 2 N–H and O–H groups in total. The van der Waals surface area contributed by atoms with Crippen molar-refractivity contribution in [1.82, 2.24) is 9.97 Å². The average Bonchev–Trinajstić information content (AvgIpc) is 2.71. The summed E-state index contributed by atoms with van der Waals surface area (Å²) < 4.78 is 19.3. The topological polar surface area (TPSA) is 62.3 Å². The molecule has 0 atom stereocenters. The van der Waals surface area contributed by atoms with Gasteiger partial charge in [-0.05, 0) is 30.3 Å². The summed E-state index contributed by atoms with van der Waals surface area (Å²) in [5.74, 6) is 0.607. The number of hydrogen-bond donors (Lipinski definition) is 2. The SMILES string of the molecule is Fc1ccccc1Nc1nccc(Nc2ccccc2N2CCOCC2)n1. The Kier molecular flexibility index (Phi) is 5.11. The zero-order chi connectivity index (χ0) is 18.5. The van der Waals surface area contributed by atoms with Gasteiger partial charge in [-0.25, -0.2) is 9.37 Å². The molecule has 0 unspecified atom stereocenters. The fourth-order valence-corrected chi connectivity index (χ4v) is 2.97. The van der Waals surface area contributed by atoms with Crippen molar-refractivity contribution in [1.29, 1.82) is 0 Å². The van der Waals surface area contributed by atoms with Crippen molar-refractivity contribution in [3.8, 4) is 0 Å². The molecule has 0 amide bonds. The van der Waals surface area contributed by atoms with E-state index in [2.05, 4.69) is 31.6 Å². The van der Waals surface area contributed by atoms with Crippen molar-refractivity contribution in [3.63, 3.8) is 0 Å². The van der Waals surface area contributed by atoms with Gasteiger partial charge in [0.25, 0.3) is 0 Å². The fraction of sp³-hybridized carbons (Fsp3) is 0.200. The molecule has 0 saturated carbocycles. The van der Waals surface area contributed by atoms with Gasteiger partial charge in [-0.2, -0.15) is 4.98 Å². The van der Waals surface area contributed by atoms with E-state index in [1.807, 2.05) is 18.2 Å². The van der Waals surface area contributed by atoms with Gasteiger partial charge in [0.2, 0.25) is 5.95 Å². The molecule has 138 valence electrons. The number of morpholine rings is 1. The normalized spacial score (nSPS) is 14.0. The number of aromatic nitrogens is 2. The van der Waals surface area contributed by atoms with Crippen LogP contribution in [0, 0.1) is 5.82 Å². The molecule has 0 aliphatic carbocycles. The molecule has 3 aromatic rings. The average molecular weight is 365 g/mol. The van der Waals surface area contributed by atoms with E-state index >= 15 is 0 Å². The van der Waals surface area contributed by atoms with Gasteiger partial charge in [-0.15, -0.1) is 0 Å². The molecular formula is C20H20FN5O. The van der Waals surface area contributed by atoms with E-state index in [0.29, 0.717) is 17.5 Å². The van der Waals surface area contributed by atoms with Crippen molar-refractivity contribution in [2.45, 2.75) is 0 Å². The van der Waals surface area contributed by atoms with Gasteiger partial charge in [0.15, 0.2) is 0 Å². The number of rotatable bonds is 5. The summed E-state index contributed by atoms with van der Waals surface area (Å²) in [6, 6.07) is 16.3. The van der Waals surface area contributed by atoms with Gasteiger partial charge in [0.05, 0.1) is 30.3 Å². The molecule has 0 radical (unpaired) electrons. The number of benzene rings is 2. The third kappa shape index (κ3) is 4.15. The Morgan fingerprint density at radius 2 is 1.63 bits per heavy atom. The second-order valence-corrected chi connectivity index (χ2v) is 6.11. The highest BCUT2D eigenvalue weighted by atomic mass is 19.1. The lowest BCUT2D eigenvalue weighted by molar-refractivity contribution is 0.123. The summed E-state index contributed by atoms with van der Waals surface area (Å²) in [7, 11) is 0. The molecule has 1 aliphatic heterocycles. The molecule has 6 nitrogen and oxygen atoms in total. The Hall–Kier alpha value is -3.19. The standard InChI is InChI=1S/C20H20FN5O/c21-15-5-1-2-6-16(15)24-20-22-10-9-19(25-20)23-17-7-3-4-8-18(17)26-11-13-27-14-12-26/h1-10H,11-14H2,(H2,22,23,24,25). The van der Waals surface area contributed by atoms with E-state index < -0.39 is 0 Å². The molecule has 0 spiro atoms. The largest absolute Gasteiger partial charge is 0.378 e. The highest BCUT2D eigenvalue weighted by Crippen LogP contribution is 2.29. The van der Waals surface area contributed by atoms with Crippen LogP contribution in [0.5, 0.6) is 0 Å². The van der Waals surface area contributed by atoms with E-state index in [-0.39, 0.29) is 5.82 Å². The Bertz CT molecular complexity index is 914. The summed E-state index contributed by atoms with van der Waals surface area (Å²) in [5.41, 5.74) is 2.39. The summed E-state index contributed by atoms with van der Waals surface area (Å²) in [6.45, 7) is 3.14. The van der Waals surface area contributed by atoms with E-state index in [4.69, 9.17) is 4.74 Å².